The monoisotopic (exact) mass is 416 g/mol. The molecule has 3 aromatic carbocycles. The first-order chi connectivity index (χ1) is 14.9. The molecule has 4 heteroatoms. The van der Waals surface area contributed by atoms with Gasteiger partial charge < -0.3 is 0 Å². The van der Waals surface area contributed by atoms with Gasteiger partial charge in [-0.25, -0.2) is 8.78 Å². The maximum Gasteiger partial charge on any atom is 0.124 e. The van der Waals surface area contributed by atoms with Gasteiger partial charge >= 0.3 is 0 Å². The van der Waals surface area contributed by atoms with E-state index in [-0.39, 0.29) is 17.5 Å². The van der Waals surface area contributed by atoms with Crippen LogP contribution in [0.3, 0.4) is 0 Å². The van der Waals surface area contributed by atoms with Crippen molar-refractivity contribution in [2.24, 2.45) is 5.92 Å². The van der Waals surface area contributed by atoms with Gasteiger partial charge in [-0.05, 0) is 54.7 Å². The number of nitriles is 1. The molecule has 1 aliphatic heterocycles. The van der Waals surface area contributed by atoms with E-state index in [1.54, 1.807) is 19.9 Å². The number of nitrogens with zero attached hydrogens (tertiary/aromatic N) is 2. The van der Waals surface area contributed by atoms with Crippen LogP contribution in [0, 0.1) is 23.1 Å². The van der Waals surface area contributed by atoms with Crippen molar-refractivity contribution in [3.05, 3.63) is 107 Å². The zero-order chi connectivity index (χ0) is 22.0. The third-order valence-corrected chi connectivity index (χ3v) is 6.15. The van der Waals surface area contributed by atoms with Crippen LogP contribution in [0.4, 0.5) is 8.78 Å². The predicted octanol–water partition coefficient (Wildman–Crippen LogP) is 6.25. The van der Waals surface area contributed by atoms with Crippen molar-refractivity contribution in [3.63, 3.8) is 0 Å². The second-order valence-electron chi connectivity index (χ2n) is 8.87. The normalized spacial score (nSPS) is 16.0. The molecule has 0 aromatic heterocycles. The molecule has 31 heavy (non-hydrogen) atoms. The molecular formula is C27H26F2N2. The van der Waals surface area contributed by atoms with E-state index < -0.39 is 17.4 Å². The molecule has 0 radical (unpaired) electrons. The van der Waals surface area contributed by atoms with Crippen molar-refractivity contribution in [1.82, 2.24) is 4.90 Å². The van der Waals surface area contributed by atoms with Gasteiger partial charge in [0.25, 0.3) is 0 Å². The number of halogens is 2. The Bertz CT molecular complexity index is 1020. The molecule has 0 amide bonds. The number of likely N-dealkylation sites (tertiary alicyclic amines) is 1. The SMILES string of the molecule is CC(C)(F)[C@H](c1cc(F)cc(C#N)c1)C1CN(C(c2ccccc2)c2ccccc2)C1. The zero-order valence-electron chi connectivity index (χ0n) is 17.8. The molecule has 158 valence electrons. The van der Waals surface area contributed by atoms with Crippen LogP contribution >= 0.6 is 0 Å². The number of alkyl halides is 1. The third-order valence-electron chi connectivity index (χ3n) is 6.15. The van der Waals surface area contributed by atoms with Gasteiger partial charge in [0.05, 0.1) is 17.7 Å². The molecule has 0 aliphatic carbocycles. The van der Waals surface area contributed by atoms with Crippen molar-refractivity contribution in [3.8, 4) is 6.07 Å². The third kappa shape index (κ3) is 4.52. The van der Waals surface area contributed by atoms with Crippen molar-refractivity contribution < 1.29 is 8.78 Å². The largest absolute Gasteiger partial charge is 0.292 e. The Balaban J connectivity index is 1.63. The van der Waals surface area contributed by atoms with Gasteiger partial charge in [-0.1, -0.05) is 60.7 Å². The Morgan fingerprint density at radius 3 is 1.94 bits per heavy atom. The Morgan fingerprint density at radius 1 is 0.903 bits per heavy atom. The summed E-state index contributed by atoms with van der Waals surface area (Å²) in [4.78, 5) is 2.35. The minimum absolute atomic E-state index is 0.0308. The molecule has 0 unspecified atom stereocenters. The number of hydrogen-bond acceptors (Lipinski definition) is 2. The maximum atomic E-state index is 15.3. The molecule has 1 fully saturated rings. The first-order valence-electron chi connectivity index (χ1n) is 10.6. The fourth-order valence-corrected chi connectivity index (χ4v) is 4.94. The summed E-state index contributed by atoms with van der Waals surface area (Å²) in [7, 11) is 0. The average Bonchev–Trinajstić information content (AvgIpc) is 2.72. The molecular weight excluding hydrogens is 390 g/mol. The Labute approximate surface area is 182 Å². The average molecular weight is 417 g/mol. The summed E-state index contributed by atoms with van der Waals surface area (Å²) in [5.74, 6) is -0.951. The van der Waals surface area contributed by atoms with Gasteiger partial charge in [-0.3, -0.25) is 4.90 Å². The van der Waals surface area contributed by atoms with E-state index in [9.17, 15) is 9.65 Å². The summed E-state index contributed by atoms with van der Waals surface area (Å²) in [6, 6.07) is 26.9. The molecule has 1 saturated heterocycles. The summed E-state index contributed by atoms with van der Waals surface area (Å²) >= 11 is 0. The first kappa shape index (κ1) is 21.2. The molecule has 4 rings (SSSR count). The summed E-state index contributed by atoms with van der Waals surface area (Å²) < 4.78 is 29.4. The minimum Gasteiger partial charge on any atom is -0.292 e. The summed E-state index contributed by atoms with van der Waals surface area (Å²) in [5.41, 5.74) is 1.64. The Kier molecular flexibility index (Phi) is 5.89. The lowest BCUT2D eigenvalue weighted by Gasteiger charge is -2.50. The lowest BCUT2D eigenvalue weighted by molar-refractivity contribution is 0.00812. The van der Waals surface area contributed by atoms with E-state index in [4.69, 9.17) is 0 Å². The highest BCUT2D eigenvalue weighted by molar-refractivity contribution is 5.38. The van der Waals surface area contributed by atoms with Crippen molar-refractivity contribution in [2.75, 3.05) is 13.1 Å². The lowest BCUT2D eigenvalue weighted by atomic mass is 9.72. The molecule has 1 aliphatic rings. The Morgan fingerprint density at radius 2 is 1.45 bits per heavy atom. The van der Waals surface area contributed by atoms with E-state index in [1.807, 2.05) is 42.5 Å². The fourth-order valence-electron chi connectivity index (χ4n) is 4.94. The lowest BCUT2D eigenvalue weighted by Crippen LogP contribution is -2.53. The second kappa shape index (κ2) is 8.61. The quantitative estimate of drug-likeness (QED) is 0.475. The van der Waals surface area contributed by atoms with Crippen LogP contribution in [0.5, 0.6) is 0 Å². The molecule has 0 N–H and O–H groups in total. The highest BCUT2D eigenvalue weighted by Crippen LogP contribution is 2.45. The number of benzene rings is 3. The second-order valence-corrected chi connectivity index (χ2v) is 8.87. The van der Waals surface area contributed by atoms with Gasteiger partial charge in [0, 0.05) is 19.0 Å². The van der Waals surface area contributed by atoms with Gasteiger partial charge in [0.15, 0.2) is 0 Å². The molecule has 3 aromatic rings. The number of rotatable bonds is 6. The molecule has 2 nitrogen and oxygen atoms in total. The topological polar surface area (TPSA) is 27.0 Å². The number of hydrogen-bond donors (Lipinski definition) is 0. The molecule has 1 atom stereocenters. The Hall–Kier alpha value is -3.03. The molecule has 0 spiro atoms. The van der Waals surface area contributed by atoms with E-state index in [1.165, 1.54) is 23.3 Å². The fraction of sp³-hybridized carbons (Fsp3) is 0.296. The summed E-state index contributed by atoms with van der Waals surface area (Å²) in [6.45, 7) is 4.49. The standard InChI is InChI=1S/C27H26F2N2/c1-27(2,29)25(22-13-19(16-30)14-24(28)15-22)23-17-31(18-23)26(20-9-5-3-6-10-20)21-11-7-4-8-12-21/h3-15,23,25-26H,17-18H2,1-2H3/t25-/m1/s1. The van der Waals surface area contributed by atoms with Gasteiger partial charge in [0.2, 0.25) is 0 Å². The molecule has 1 heterocycles. The minimum atomic E-state index is -1.54. The predicted molar refractivity (Wildman–Crippen MR) is 119 cm³/mol. The maximum absolute atomic E-state index is 15.3. The van der Waals surface area contributed by atoms with E-state index >= 15 is 4.39 Å². The van der Waals surface area contributed by atoms with Crippen LogP contribution in [0.25, 0.3) is 0 Å². The van der Waals surface area contributed by atoms with Crippen LogP contribution in [-0.2, 0) is 0 Å². The van der Waals surface area contributed by atoms with Gasteiger partial charge in [-0.2, -0.15) is 5.26 Å². The van der Waals surface area contributed by atoms with Crippen LogP contribution in [0.15, 0.2) is 78.9 Å². The van der Waals surface area contributed by atoms with Crippen LogP contribution in [-0.4, -0.2) is 23.7 Å². The highest BCUT2D eigenvalue weighted by Gasteiger charge is 2.45. The first-order valence-corrected chi connectivity index (χ1v) is 10.6. The van der Waals surface area contributed by atoms with Crippen molar-refractivity contribution >= 4 is 0 Å². The molecule has 0 bridgehead atoms. The van der Waals surface area contributed by atoms with Crippen molar-refractivity contribution in [1.29, 1.82) is 5.26 Å². The van der Waals surface area contributed by atoms with E-state index in [2.05, 4.69) is 29.2 Å². The highest BCUT2D eigenvalue weighted by atomic mass is 19.1. The van der Waals surface area contributed by atoms with E-state index in [0.717, 1.165) is 0 Å². The molecule has 0 saturated carbocycles. The smallest absolute Gasteiger partial charge is 0.124 e. The van der Waals surface area contributed by atoms with E-state index in [0.29, 0.717) is 18.7 Å². The summed E-state index contributed by atoms with van der Waals surface area (Å²) in [5, 5.41) is 9.23. The summed E-state index contributed by atoms with van der Waals surface area (Å²) in [6.07, 6.45) is 0. The van der Waals surface area contributed by atoms with Crippen molar-refractivity contribution in [2.45, 2.75) is 31.5 Å². The zero-order valence-corrected chi connectivity index (χ0v) is 17.8. The van der Waals surface area contributed by atoms with Gasteiger partial charge in [-0.15, -0.1) is 0 Å². The van der Waals surface area contributed by atoms with Crippen LogP contribution in [0.2, 0.25) is 0 Å². The van der Waals surface area contributed by atoms with Crippen LogP contribution < -0.4 is 0 Å². The van der Waals surface area contributed by atoms with Gasteiger partial charge in [0.1, 0.15) is 11.5 Å². The van der Waals surface area contributed by atoms with Crippen LogP contribution in [0.1, 0.15) is 48.1 Å².